The molecule has 1 fully saturated rings. The molecule has 0 spiro atoms. The smallest absolute Gasteiger partial charge is 0.384 e. The van der Waals surface area contributed by atoms with Crippen molar-refractivity contribution in [2.45, 2.75) is 11.1 Å². The number of alkyl halides is 3. The Morgan fingerprint density at radius 3 is 2.44 bits per heavy atom. The predicted molar refractivity (Wildman–Crippen MR) is 92.5 cm³/mol. The van der Waals surface area contributed by atoms with Crippen LogP contribution >= 0.6 is 23.5 Å². The van der Waals surface area contributed by atoms with Crippen LogP contribution in [0.4, 0.5) is 24.8 Å². The number of nitrogens with two attached hydrogens (primary N) is 1. The summed E-state index contributed by atoms with van der Waals surface area (Å²) in [5.74, 6) is 0.709. The molecule has 1 aliphatic rings. The van der Waals surface area contributed by atoms with Gasteiger partial charge in [0.25, 0.3) is 0 Å². The van der Waals surface area contributed by atoms with Gasteiger partial charge in [0.2, 0.25) is 0 Å². The second-order valence-electron chi connectivity index (χ2n) is 5.46. The van der Waals surface area contributed by atoms with Gasteiger partial charge < -0.3 is 10.6 Å². The molecular weight excluding hydrogens is 375 g/mol. The van der Waals surface area contributed by atoms with Gasteiger partial charge in [-0.05, 0) is 36.2 Å². The van der Waals surface area contributed by atoms with E-state index in [-0.39, 0.29) is 11.0 Å². The van der Waals surface area contributed by atoms with Crippen LogP contribution in [0.25, 0.3) is 0 Å². The van der Waals surface area contributed by atoms with E-state index in [1.807, 2.05) is 6.07 Å². The Morgan fingerprint density at radius 2 is 1.84 bits per heavy atom. The van der Waals surface area contributed by atoms with E-state index in [2.05, 4.69) is 14.3 Å². The average Bonchev–Trinajstić information content (AvgIpc) is 2.56. The van der Waals surface area contributed by atoms with Gasteiger partial charge in [0.05, 0.1) is 5.56 Å². The summed E-state index contributed by atoms with van der Waals surface area (Å²) >= 11 is 7.30. The maximum Gasteiger partial charge on any atom is 0.416 e. The number of rotatable bonds is 3. The summed E-state index contributed by atoms with van der Waals surface area (Å²) in [6.07, 6.45) is -2.75. The number of hydrogen-bond donors (Lipinski definition) is 1. The zero-order chi connectivity index (χ0) is 18.0. The monoisotopic (exact) mass is 389 g/mol. The fraction of sp³-hybridized carbons (Fsp3) is 0.333. The van der Waals surface area contributed by atoms with Gasteiger partial charge in [-0.2, -0.15) is 13.2 Å². The van der Waals surface area contributed by atoms with Crippen molar-refractivity contribution in [2.75, 3.05) is 36.8 Å². The molecule has 1 saturated heterocycles. The summed E-state index contributed by atoms with van der Waals surface area (Å²) in [6, 6.07) is 5.49. The van der Waals surface area contributed by atoms with E-state index in [1.165, 1.54) is 0 Å². The molecule has 2 N–H and O–H groups in total. The third kappa shape index (κ3) is 4.68. The van der Waals surface area contributed by atoms with Crippen LogP contribution in [0.3, 0.4) is 0 Å². The minimum atomic E-state index is -4.44. The van der Waals surface area contributed by atoms with Gasteiger partial charge in [-0.25, -0.2) is 14.3 Å². The Balaban J connectivity index is 1.64. The molecule has 1 aliphatic heterocycles. The number of anilines is 2. The topological polar surface area (TPSA) is 58.3 Å². The molecule has 5 nitrogen and oxygen atoms in total. The molecule has 3 rings (SSSR count). The third-order valence-corrected chi connectivity index (χ3v) is 4.93. The van der Waals surface area contributed by atoms with E-state index in [0.29, 0.717) is 32.0 Å². The lowest BCUT2D eigenvalue weighted by Gasteiger charge is -2.34. The first-order valence-electron chi connectivity index (χ1n) is 7.45. The first kappa shape index (κ1) is 18.1. The minimum absolute atomic E-state index is 0.158. The molecule has 10 heteroatoms. The van der Waals surface area contributed by atoms with Crippen LogP contribution in [0.1, 0.15) is 5.56 Å². The second-order valence-corrected chi connectivity index (χ2v) is 7.02. The fourth-order valence-corrected chi connectivity index (χ4v) is 3.49. The van der Waals surface area contributed by atoms with Crippen molar-refractivity contribution in [3.63, 3.8) is 0 Å². The number of nitrogens with zero attached hydrogens (tertiary/aromatic N) is 4. The molecule has 0 amide bonds. The number of nitrogen functional groups attached to an aromatic ring is 1. The van der Waals surface area contributed by atoms with Crippen molar-refractivity contribution < 1.29 is 13.2 Å². The predicted octanol–water partition coefficient (Wildman–Crippen LogP) is 3.56. The SMILES string of the molecule is Nc1ccc(SN2CCN(c3cc(C(F)(F)F)cc(Cl)n3)CC2)cn1. The highest BCUT2D eigenvalue weighted by molar-refractivity contribution is 7.97. The number of pyridine rings is 2. The zero-order valence-electron chi connectivity index (χ0n) is 13.0. The Hall–Kier alpha value is -1.71. The summed E-state index contributed by atoms with van der Waals surface area (Å²) in [7, 11) is 0. The number of piperazine rings is 1. The molecule has 0 aromatic carbocycles. The minimum Gasteiger partial charge on any atom is -0.384 e. The Morgan fingerprint density at radius 1 is 1.12 bits per heavy atom. The lowest BCUT2D eigenvalue weighted by Crippen LogP contribution is -2.43. The van der Waals surface area contributed by atoms with E-state index in [9.17, 15) is 13.2 Å². The van der Waals surface area contributed by atoms with Crippen LogP contribution < -0.4 is 10.6 Å². The van der Waals surface area contributed by atoms with Crippen LogP contribution in [-0.2, 0) is 6.18 Å². The van der Waals surface area contributed by atoms with Crippen molar-refractivity contribution in [3.05, 3.63) is 41.2 Å². The normalized spacial score (nSPS) is 16.2. The van der Waals surface area contributed by atoms with Crippen LogP contribution in [0, 0.1) is 0 Å². The summed E-state index contributed by atoms with van der Waals surface area (Å²) < 4.78 is 40.9. The number of aromatic nitrogens is 2. The molecule has 0 radical (unpaired) electrons. The van der Waals surface area contributed by atoms with E-state index in [0.717, 1.165) is 17.0 Å². The summed E-state index contributed by atoms with van der Waals surface area (Å²) in [5.41, 5.74) is 4.77. The first-order chi connectivity index (χ1) is 11.8. The van der Waals surface area contributed by atoms with Crippen LogP contribution in [0.2, 0.25) is 5.15 Å². The second kappa shape index (κ2) is 7.27. The molecule has 2 aromatic rings. The maximum absolute atomic E-state index is 12.9. The number of hydrogen-bond acceptors (Lipinski definition) is 6. The maximum atomic E-state index is 12.9. The van der Waals surface area contributed by atoms with Gasteiger partial charge in [0.15, 0.2) is 0 Å². The van der Waals surface area contributed by atoms with Crippen molar-refractivity contribution in [1.82, 2.24) is 14.3 Å². The van der Waals surface area contributed by atoms with E-state index >= 15 is 0 Å². The highest BCUT2D eigenvalue weighted by Gasteiger charge is 2.32. The van der Waals surface area contributed by atoms with Crippen LogP contribution in [0.15, 0.2) is 35.4 Å². The summed E-state index contributed by atoms with van der Waals surface area (Å²) in [5, 5.41) is -0.158. The Kier molecular flexibility index (Phi) is 5.26. The molecule has 25 heavy (non-hydrogen) atoms. The molecule has 0 unspecified atom stereocenters. The highest BCUT2D eigenvalue weighted by Crippen LogP contribution is 2.33. The lowest BCUT2D eigenvalue weighted by atomic mass is 10.2. The van der Waals surface area contributed by atoms with Crippen LogP contribution in [0.5, 0.6) is 0 Å². The quantitative estimate of drug-likeness (QED) is 0.640. The van der Waals surface area contributed by atoms with Crippen molar-refractivity contribution in [3.8, 4) is 0 Å². The van der Waals surface area contributed by atoms with Gasteiger partial charge in [0.1, 0.15) is 16.8 Å². The van der Waals surface area contributed by atoms with Gasteiger partial charge >= 0.3 is 6.18 Å². The van der Waals surface area contributed by atoms with Gasteiger partial charge in [-0.15, -0.1) is 0 Å². The largest absolute Gasteiger partial charge is 0.416 e. The fourth-order valence-electron chi connectivity index (χ4n) is 2.41. The molecule has 2 aromatic heterocycles. The summed E-state index contributed by atoms with van der Waals surface area (Å²) in [4.78, 5) is 10.8. The van der Waals surface area contributed by atoms with Crippen LogP contribution in [-0.4, -0.2) is 40.5 Å². The van der Waals surface area contributed by atoms with Crippen molar-refractivity contribution >= 4 is 35.2 Å². The summed E-state index contributed by atoms with van der Waals surface area (Å²) in [6.45, 7) is 2.45. The number of halogens is 4. The molecule has 0 aliphatic carbocycles. The molecule has 134 valence electrons. The van der Waals surface area contributed by atoms with E-state index < -0.39 is 11.7 Å². The third-order valence-electron chi connectivity index (χ3n) is 3.66. The first-order valence-corrected chi connectivity index (χ1v) is 8.60. The van der Waals surface area contributed by atoms with E-state index in [4.69, 9.17) is 17.3 Å². The Labute approximate surface area is 152 Å². The standard InChI is InChI=1S/C15H15ClF3N5S/c16-12-7-10(15(17,18)19)8-14(22-12)23-3-5-24(6-4-23)25-11-1-2-13(20)21-9-11/h1-2,7-9H,3-6H2,(H2,20,21). The zero-order valence-corrected chi connectivity index (χ0v) is 14.6. The highest BCUT2D eigenvalue weighted by atomic mass is 35.5. The van der Waals surface area contributed by atoms with Gasteiger partial charge in [-0.3, -0.25) is 0 Å². The van der Waals surface area contributed by atoms with Crippen molar-refractivity contribution in [2.24, 2.45) is 0 Å². The Bertz CT molecular complexity index is 733. The molecular formula is C15H15ClF3N5S. The molecule has 0 atom stereocenters. The average molecular weight is 390 g/mol. The molecule has 0 bridgehead atoms. The van der Waals surface area contributed by atoms with Gasteiger partial charge in [-0.1, -0.05) is 11.6 Å². The van der Waals surface area contributed by atoms with E-state index in [1.54, 1.807) is 29.1 Å². The van der Waals surface area contributed by atoms with Crippen molar-refractivity contribution in [1.29, 1.82) is 0 Å². The lowest BCUT2D eigenvalue weighted by molar-refractivity contribution is -0.137. The molecule has 0 saturated carbocycles. The molecule has 3 heterocycles. The van der Waals surface area contributed by atoms with Gasteiger partial charge in [0, 0.05) is 37.3 Å².